The van der Waals surface area contributed by atoms with Gasteiger partial charge in [0.05, 0.1) is 15.9 Å². The van der Waals surface area contributed by atoms with Gasteiger partial charge in [-0.3, -0.25) is 4.79 Å². The first-order valence-electron chi connectivity index (χ1n) is 7.99. The van der Waals surface area contributed by atoms with Crippen molar-refractivity contribution in [1.29, 1.82) is 0 Å². The molecule has 8 heteroatoms. The van der Waals surface area contributed by atoms with Crippen molar-refractivity contribution in [2.45, 2.75) is 38.1 Å². The van der Waals surface area contributed by atoms with Gasteiger partial charge in [0.25, 0.3) is 0 Å². The molecule has 0 aliphatic carbocycles. The first kappa shape index (κ1) is 18.4. The van der Waals surface area contributed by atoms with Gasteiger partial charge >= 0.3 is 0 Å². The minimum Gasteiger partial charge on any atom is -0.356 e. The summed E-state index contributed by atoms with van der Waals surface area (Å²) in [4.78, 5) is 16.4. The number of hydrogen-bond acceptors (Lipinski definition) is 4. The number of amides is 1. The lowest BCUT2D eigenvalue weighted by Gasteiger charge is -2.11. The Balaban J connectivity index is 2.39. The highest BCUT2D eigenvalue weighted by atomic mass is 32.2. The van der Waals surface area contributed by atoms with Crippen molar-refractivity contribution >= 4 is 27.0 Å². The fourth-order valence-corrected chi connectivity index (χ4v) is 3.51. The molecule has 132 valence electrons. The minimum atomic E-state index is -3.49. The third kappa shape index (κ3) is 3.59. The highest BCUT2D eigenvalue weighted by Crippen LogP contribution is 2.22. The number of carbonyl (C=O) groups is 1. The summed E-state index contributed by atoms with van der Waals surface area (Å²) in [5.41, 5.74) is 1.51. The number of aromatic nitrogens is 2. The molecule has 7 nitrogen and oxygen atoms in total. The van der Waals surface area contributed by atoms with Crippen molar-refractivity contribution in [3.05, 3.63) is 24.0 Å². The average molecular weight is 352 g/mol. The van der Waals surface area contributed by atoms with Gasteiger partial charge in [-0.2, -0.15) is 0 Å². The lowest BCUT2D eigenvalue weighted by atomic mass is 10.3. The molecule has 24 heavy (non-hydrogen) atoms. The summed E-state index contributed by atoms with van der Waals surface area (Å²) in [6, 6.07) is 4.96. The molecule has 1 aromatic carbocycles. The monoisotopic (exact) mass is 352 g/mol. The lowest BCUT2D eigenvalue weighted by molar-refractivity contribution is -0.120. The van der Waals surface area contributed by atoms with Crippen molar-refractivity contribution in [2.24, 2.45) is 0 Å². The van der Waals surface area contributed by atoms with Crippen LogP contribution in [0.5, 0.6) is 0 Å². The van der Waals surface area contributed by atoms with Gasteiger partial charge < -0.3 is 9.88 Å². The Labute approximate surface area is 142 Å². The number of aryl methyl sites for hydroxylation is 2. The van der Waals surface area contributed by atoms with Crippen LogP contribution in [0.15, 0.2) is 23.1 Å². The van der Waals surface area contributed by atoms with Crippen LogP contribution >= 0.6 is 0 Å². The van der Waals surface area contributed by atoms with E-state index in [4.69, 9.17) is 0 Å². The summed E-state index contributed by atoms with van der Waals surface area (Å²) in [6.07, 6.45) is 0.879. The molecule has 0 atom stereocenters. The molecule has 0 bridgehead atoms. The Hall–Kier alpha value is -1.93. The second-order valence-corrected chi connectivity index (χ2v) is 7.82. The largest absolute Gasteiger partial charge is 0.356 e. The van der Waals surface area contributed by atoms with Crippen LogP contribution in [0.3, 0.4) is 0 Å². The molecule has 0 fully saturated rings. The Morgan fingerprint density at radius 2 is 2.00 bits per heavy atom. The maximum absolute atomic E-state index is 12.3. The van der Waals surface area contributed by atoms with Crippen molar-refractivity contribution in [1.82, 2.24) is 19.2 Å². The molecule has 2 rings (SSSR count). The third-order valence-electron chi connectivity index (χ3n) is 3.84. The van der Waals surface area contributed by atoms with Gasteiger partial charge in [0.15, 0.2) is 0 Å². The van der Waals surface area contributed by atoms with Gasteiger partial charge in [0.2, 0.25) is 15.9 Å². The number of benzene rings is 1. The summed E-state index contributed by atoms with van der Waals surface area (Å²) >= 11 is 0. The highest BCUT2D eigenvalue weighted by molar-refractivity contribution is 7.89. The van der Waals surface area contributed by atoms with E-state index in [0.29, 0.717) is 31.4 Å². The normalized spacial score (nSPS) is 12.0. The van der Waals surface area contributed by atoms with Crippen LogP contribution in [-0.2, 0) is 27.8 Å². The summed E-state index contributed by atoms with van der Waals surface area (Å²) in [5.74, 6) is 0.779. The summed E-state index contributed by atoms with van der Waals surface area (Å²) < 4.78 is 27.7. The number of nitrogens with one attached hydrogen (secondary N) is 1. The van der Waals surface area contributed by atoms with Gasteiger partial charge in [0.1, 0.15) is 5.82 Å². The van der Waals surface area contributed by atoms with Crippen LogP contribution < -0.4 is 5.32 Å². The van der Waals surface area contributed by atoms with Crippen molar-refractivity contribution in [2.75, 3.05) is 20.6 Å². The molecule has 0 aliphatic heterocycles. The van der Waals surface area contributed by atoms with E-state index in [0.717, 1.165) is 11.3 Å². The van der Waals surface area contributed by atoms with Gasteiger partial charge in [-0.05, 0) is 32.0 Å². The number of carbonyl (C=O) groups excluding carboxylic acids is 1. The smallest absolute Gasteiger partial charge is 0.242 e. The van der Waals surface area contributed by atoms with Crippen molar-refractivity contribution in [3.8, 4) is 0 Å². The fourth-order valence-electron chi connectivity index (χ4n) is 2.59. The zero-order chi connectivity index (χ0) is 17.9. The standard InChI is InChI=1S/C16H24N4O3S/c1-5-17-16(21)10-9-15-18-13-11-12(24(22,23)19(3)4)7-8-14(13)20(15)6-2/h7-8,11H,5-6,9-10H2,1-4H3,(H,17,21). The van der Waals surface area contributed by atoms with Gasteiger partial charge in [-0.15, -0.1) is 0 Å². The number of nitrogens with zero attached hydrogens (tertiary/aromatic N) is 3. The van der Waals surface area contributed by atoms with E-state index in [1.807, 2.05) is 18.4 Å². The molecule has 0 radical (unpaired) electrons. The molecule has 0 saturated carbocycles. The van der Waals surface area contributed by atoms with Crippen molar-refractivity contribution < 1.29 is 13.2 Å². The Morgan fingerprint density at radius 1 is 1.29 bits per heavy atom. The first-order chi connectivity index (χ1) is 11.3. The number of rotatable bonds is 7. The summed E-state index contributed by atoms with van der Waals surface area (Å²) in [5, 5.41) is 2.77. The molecular formula is C16H24N4O3S. The lowest BCUT2D eigenvalue weighted by Crippen LogP contribution is -2.23. The highest BCUT2D eigenvalue weighted by Gasteiger charge is 2.19. The van der Waals surface area contributed by atoms with Crippen LogP contribution in [0, 0.1) is 0 Å². The Kier molecular flexibility index (Phi) is 5.61. The van der Waals surface area contributed by atoms with Crippen LogP contribution in [0.4, 0.5) is 0 Å². The summed E-state index contributed by atoms with van der Waals surface area (Å²) in [7, 11) is -0.488. The first-order valence-corrected chi connectivity index (χ1v) is 9.43. The van der Waals surface area contributed by atoms with Crippen molar-refractivity contribution in [3.63, 3.8) is 0 Å². The SMILES string of the molecule is CCNC(=O)CCc1nc2cc(S(=O)(=O)N(C)C)ccc2n1CC. The molecular weight excluding hydrogens is 328 g/mol. The predicted molar refractivity (Wildman–Crippen MR) is 93.3 cm³/mol. The third-order valence-corrected chi connectivity index (χ3v) is 5.65. The molecule has 1 amide bonds. The second kappa shape index (κ2) is 7.31. The van der Waals surface area contributed by atoms with E-state index in [1.54, 1.807) is 18.2 Å². The number of fused-ring (bicyclic) bond motifs is 1. The topological polar surface area (TPSA) is 84.3 Å². The van der Waals surface area contributed by atoms with E-state index in [-0.39, 0.29) is 10.8 Å². The van der Waals surface area contributed by atoms with E-state index in [1.165, 1.54) is 18.4 Å². The van der Waals surface area contributed by atoms with Crippen LogP contribution in [0.2, 0.25) is 0 Å². The average Bonchev–Trinajstić information content (AvgIpc) is 2.89. The van der Waals surface area contributed by atoms with Gasteiger partial charge in [-0.1, -0.05) is 0 Å². The van der Waals surface area contributed by atoms with E-state index in [9.17, 15) is 13.2 Å². The van der Waals surface area contributed by atoms with Gasteiger partial charge in [0, 0.05) is 40.0 Å². The molecule has 1 aromatic heterocycles. The zero-order valence-electron chi connectivity index (χ0n) is 14.5. The van der Waals surface area contributed by atoms with Crippen LogP contribution in [-0.4, -0.2) is 48.8 Å². The molecule has 0 unspecified atom stereocenters. The molecule has 2 aromatic rings. The second-order valence-electron chi connectivity index (χ2n) is 5.66. The number of hydrogen-bond donors (Lipinski definition) is 1. The Bertz CT molecular complexity index is 840. The maximum Gasteiger partial charge on any atom is 0.242 e. The maximum atomic E-state index is 12.3. The van der Waals surface area contributed by atoms with E-state index >= 15 is 0 Å². The molecule has 0 aliphatic rings. The number of sulfonamides is 1. The Morgan fingerprint density at radius 3 is 2.58 bits per heavy atom. The number of imidazole rings is 1. The van der Waals surface area contributed by atoms with Gasteiger partial charge in [-0.25, -0.2) is 17.7 Å². The van der Waals surface area contributed by atoms with E-state index in [2.05, 4.69) is 10.3 Å². The van der Waals surface area contributed by atoms with Crippen LogP contribution in [0.1, 0.15) is 26.1 Å². The van der Waals surface area contributed by atoms with E-state index < -0.39 is 10.0 Å². The fraction of sp³-hybridized carbons (Fsp3) is 0.500. The quantitative estimate of drug-likeness (QED) is 0.816. The zero-order valence-corrected chi connectivity index (χ0v) is 15.4. The molecule has 0 spiro atoms. The summed E-state index contributed by atoms with van der Waals surface area (Å²) in [6.45, 7) is 5.20. The molecule has 1 N–H and O–H groups in total. The molecule has 0 saturated heterocycles. The van der Waals surface area contributed by atoms with Crippen LogP contribution in [0.25, 0.3) is 11.0 Å². The predicted octanol–water partition coefficient (Wildman–Crippen LogP) is 1.38. The molecule has 1 heterocycles. The minimum absolute atomic E-state index is 0.0110.